The molecule has 0 radical (unpaired) electrons. The molecule has 0 aliphatic rings. The summed E-state index contributed by atoms with van der Waals surface area (Å²) < 4.78 is 2.60. The second kappa shape index (κ2) is 6.29. The number of rotatable bonds is 3. The highest BCUT2D eigenvalue weighted by Gasteiger charge is 2.50. The van der Waals surface area contributed by atoms with E-state index in [4.69, 9.17) is 0 Å². The maximum atomic E-state index is 2.60. The van der Waals surface area contributed by atoms with Crippen molar-refractivity contribution in [3.8, 4) is 0 Å². The van der Waals surface area contributed by atoms with Crippen molar-refractivity contribution < 1.29 is 0 Å². The number of hydrogen-bond acceptors (Lipinski definition) is 0. The predicted octanol–water partition coefficient (Wildman–Crippen LogP) is 5.05. The summed E-state index contributed by atoms with van der Waals surface area (Å²) in [5.41, 5.74) is 1.32. The predicted molar refractivity (Wildman–Crippen MR) is 115 cm³/mol. The van der Waals surface area contributed by atoms with Crippen molar-refractivity contribution in [2.24, 2.45) is 0 Å². The highest BCUT2D eigenvalue weighted by Crippen LogP contribution is 2.38. The maximum Gasteiger partial charge on any atom is 0.230 e. The van der Waals surface area contributed by atoms with Crippen LogP contribution in [-0.2, 0) is 0 Å². The third-order valence-electron chi connectivity index (χ3n) is 5.43. The van der Waals surface area contributed by atoms with Gasteiger partial charge in [-0.2, -0.15) is 0 Å². The van der Waals surface area contributed by atoms with E-state index in [9.17, 15) is 0 Å². The van der Waals surface area contributed by atoms with E-state index in [1.807, 2.05) is 0 Å². The lowest BCUT2D eigenvalue weighted by Gasteiger charge is -2.45. The zero-order valence-electron chi connectivity index (χ0n) is 15.7. The summed E-state index contributed by atoms with van der Waals surface area (Å²) in [5, 5.41) is 4.29. The van der Waals surface area contributed by atoms with Gasteiger partial charge in [0.25, 0.3) is 0 Å². The van der Waals surface area contributed by atoms with Crippen LogP contribution in [0.5, 0.6) is 0 Å². The van der Waals surface area contributed by atoms with Crippen LogP contribution in [0.1, 0.15) is 20.8 Å². The second-order valence-corrected chi connectivity index (χ2v) is 12.5. The van der Waals surface area contributed by atoms with Crippen LogP contribution in [0.3, 0.4) is 0 Å². The molecule has 0 bridgehead atoms. The lowest BCUT2D eigenvalue weighted by molar-refractivity contribution is 0.716. The fourth-order valence-corrected chi connectivity index (χ4v) is 9.96. The van der Waals surface area contributed by atoms with E-state index in [-0.39, 0.29) is 5.04 Å². The smallest absolute Gasteiger partial charge is 0.230 e. The van der Waals surface area contributed by atoms with E-state index < -0.39 is 8.24 Å². The molecule has 0 fully saturated rings. The zero-order chi connectivity index (χ0) is 18.2. The lowest BCUT2D eigenvalue weighted by Crippen LogP contribution is -2.69. The van der Waals surface area contributed by atoms with Crippen molar-refractivity contribution in [1.82, 2.24) is 4.23 Å². The van der Waals surface area contributed by atoms with Crippen LogP contribution in [0.15, 0.2) is 97.2 Å². The number of para-hydroxylation sites is 1. The van der Waals surface area contributed by atoms with Gasteiger partial charge in [-0.15, -0.1) is 0 Å². The summed E-state index contributed by atoms with van der Waals surface area (Å²) in [7, 11) is -2.32. The number of hydrogen-bond donors (Lipinski definition) is 0. The molecular formula is C24H25NSi. The zero-order valence-corrected chi connectivity index (χ0v) is 16.7. The number of fused-ring (bicyclic) bond motifs is 1. The quantitative estimate of drug-likeness (QED) is 0.453. The number of benzene rings is 3. The van der Waals surface area contributed by atoms with E-state index in [2.05, 4.69) is 122 Å². The minimum Gasteiger partial charge on any atom is -0.365 e. The molecule has 130 valence electrons. The summed E-state index contributed by atoms with van der Waals surface area (Å²) in [6, 6.07) is 33.2. The molecule has 0 saturated carbocycles. The highest BCUT2D eigenvalue weighted by molar-refractivity contribution is 7.03. The highest BCUT2D eigenvalue weighted by atomic mass is 28.3. The molecule has 0 atom stereocenters. The Balaban J connectivity index is 2.17. The summed E-state index contributed by atoms with van der Waals surface area (Å²) in [5.74, 6) is 0. The Morgan fingerprint density at radius 3 is 1.65 bits per heavy atom. The molecule has 0 aliphatic heterocycles. The van der Waals surface area contributed by atoms with Gasteiger partial charge in [-0.25, -0.2) is 0 Å². The molecule has 0 N–H and O–H groups in total. The normalized spacial score (nSPS) is 12.4. The first-order chi connectivity index (χ1) is 12.5. The van der Waals surface area contributed by atoms with Crippen LogP contribution in [0, 0.1) is 0 Å². The molecule has 26 heavy (non-hydrogen) atoms. The first-order valence-electron chi connectivity index (χ1n) is 9.23. The van der Waals surface area contributed by atoms with Gasteiger partial charge < -0.3 is 4.23 Å². The van der Waals surface area contributed by atoms with Gasteiger partial charge in [0, 0.05) is 5.52 Å². The monoisotopic (exact) mass is 355 g/mol. The molecule has 1 heterocycles. The van der Waals surface area contributed by atoms with Crippen LogP contribution >= 0.6 is 0 Å². The van der Waals surface area contributed by atoms with E-state index in [1.54, 1.807) is 0 Å². The van der Waals surface area contributed by atoms with Crippen LogP contribution in [-0.4, -0.2) is 12.5 Å². The average molecular weight is 356 g/mol. The van der Waals surface area contributed by atoms with Crippen LogP contribution in [0.25, 0.3) is 10.9 Å². The first kappa shape index (κ1) is 16.9. The van der Waals surface area contributed by atoms with Gasteiger partial charge in [0.2, 0.25) is 8.24 Å². The molecule has 0 spiro atoms. The first-order valence-corrected chi connectivity index (χ1v) is 11.2. The van der Waals surface area contributed by atoms with Crippen LogP contribution in [0.2, 0.25) is 5.04 Å². The Morgan fingerprint density at radius 2 is 1.12 bits per heavy atom. The van der Waals surface area contributed by atoms with Gasteiger partial charge >= 0.3 is 0 Å². The third-order valence-corrected chi connectivity index (χ3v) is 11.1. The minimum atomic E-state index is -2.32. The van der Waals surface area contributed by atoms with Crippen molar-refractivity contribution in [2.75, 3.05) is 0 Å². The van der Waals surface area contributed by atoms with Gasteiger partial charge in [-0.05, 0) is 39.1 Å². The van der Waals surface area contributed by atoms with Gasteiger partial charge in [0.15, 0.2) is 0 Å². The Bertz CT molecular complexity index is 971. The van der Waals surface area contributed by atoms with Gasteiger partial charge in [0.05, 0.1) is 0 Å². The fraction of sp³-hybridized carbons (Fsp3) is 0.167. The molecule has 3 aromatic carbocycles. The molecule has 4 rings (SSSR count). The topological polar surface area (TPSA) is 4.93 Å². The second-order valence-electron chi connectivity index (χ2n) is 7.94. The molecule has 0 saturated heterocycles. The van der Waals surface area contributed by atoms with Gasteiger partial charge in [0.1, 0.15) is 0 Å². The van der Waals surface area contributed by atoms with Crippen molar-refractivity contribution in [2.45, 2.75) is 25.8 Å². The van der Waals surface area contributed by atoms with E-state index in [1.165, 1.54) is 21.3 Å². The maximum absolute atomic E-state index is 2.60. The molecule has 0 unspecified atom stereocenters. The van der Waals surface area contributed by atoms with Crippen molar-refractivity contribution in [1.29, 1.82) is 0 Å². The fourth-order valence-electron chi connectivity index (χ4n) is 4.41. The molecule has 4 aromatic rings. The molecule has 0 amide bonds. The SMILES string of the molecule is CC(C)(C)[Si](c1ccccc1)(c1ccccc1)n1ccc2ccccc21. The molecule has 0 aliphatic carbocycles. The molecule has 2 heteroatoms. The summed E-state index contributed by atoms with van der Waals surface area (Å²) in [6.45, 7) is 7.19. The van der Waals surface area contributed by atoms with Crippen molar-refractivity contribution >= 4 is 29.5 Å². The lowest BCUT2D eigenvalue weighted by atomic mass is 10.2. The van der Waals surface area contributed by atoms with E-state index in [0.29, 0.717) is 0 Å². The number of nitrogens with zero attached hydrogens (tertiary/aromatic N) is 1. The Hall–Kier alpha value is -2.58. The molecule has 1 nitrogen and oxygen atoms in total. The van der Waals surface area contributed by atoms with Crippen molar-refractivity contribution in [3.05, 3.63) is 97.2 Å². The third kappa shape index (κ3) is 2.45. The van der Waals surface area contributed by atoms with Crippen LogP contribution in [0.4, 0.5) is 0 Å². The summed E-state index contributed by atoms with van der Waals surface area (Å²) in [6.07, 6.45) is 2.31. The van der Waals surface area contributed by atoms with Crippen LogP contribution < -0.4 is 10.4 Å². The van der Waals surface area contributed by atoms with E-state index >= 15 is 0 Å². The summed E-state index contributed by atoms with van der Waals surface area (Å²) in [4.78, 5) is 0. The van der Waals surface area contributed by atoms with Crippen molar-refractivity contribution in [3.63, 3.8) is 0 Å². The average Bonchev–Trinajstić information content (AvgIpc) is 3.08. The van der Waals surface area contributed by atoms with Gasteiger partial charge in [-0.1, -0.05) is 99.6 Å². The Morgan fingerprint density at radius 1 is 0.615 bits per heavy atom. The van der Waals surface area contributed by atoms with Gasteiger partial charge in [-0.3, -0.25) is 0 Å². The minimum absolute atomic E-state index is 0.0947. The summed E-state index contributed by atoms with van der Waals surface area (Å²) >= 11 is 0. The number of aromatic nitrogens is 1. The molecular weight excluding hydrogens is 330 g/mol. The Labute approximate surface area is 157 Å². The Kier molecular flexibility index (Phi) is 4.08. The standard InChI is InChI=1S/C24H25NSi/c1-24(2,3)26(21-13-6-4-7-14-21,22-15-8-5-9-16-22)25-19-18-20-12-10-11-17-23(20)25/h4-19H,1-3H3. The molecule has 1 aromatic heterocycles. The largest absolute Gasteiger partial charge is 0.365 e. The van der Waals surface area contributed by atoms with E-state index in [0.717, 1.165) is 0 Å².